The molecule has 3 rings (SSSR count). The fourth-order valence-electron chi connectivity index (χ4n) is 2.58. The van der Waals surface area contributed by atoms with E-state index in [0.29, 0.717) is 17.9 Å². The Bertz CT molecular complexity index is 872. The van der Waals surface area contributed by atoms with Crippen LogP contribution in [0.3, 0.4) is 0 Å². The summed E-state index contributed by atoms with van der Waals surface area (Å²) < 4.78 is 5.88. The zero-order valence-electron chi connectivity index (χ0n) is 14.5. The van der Waals surface area contributed by atoms with E-state index in [1.165, 1.54) is 0 Å². The highest BCUT2D eigenvalue weighted by Crippen LogP contribution is 2.23. The van der Waals surface area contributed by atoms with E-state index >= 15 is 0 Å². The van der Waals surface area contributed by atoms with E-state index in [2.05, 4.69) is 5.32 Å². The van der Waals surface area contributed by atoms with Crippen LogP contribution in [0.25, 0.3) is 0 Å². The number of aryl methyl sites for hydroxylation is 2. The molecule has 1 N–H and O–H groups in total. The number of anilines is 1. The van der Waals surface area contributed by atoms with Gasteiger partial charge >= 0.3 is 0 Å². The van der Waals surface area contributed by atoms with Crippen LogP contribution < -0.4 is 10.1 Å². The molecule has 3 aromatic carbocycles. The second-order valence-electron chi connectivity index (χ2n) is 6.04. The van der Waals surface area contributed by atoms with E-state index in [1.54, 1.807) is 6.07 Å². The Balaban J connectivity index is 1.77. The fourth-order valence-corrected chi connectivity index (χ4v) is 2.58. The molecule has 1 amide bonds. The van der Waals surface area contributed by atoms with Crippen molar-refractivity contribution in [3.05, 3.63) is 95.1 Å². The lowest BCUT2D eigenvalue weighted by atomic mass is 10.1. The zero-order valence-corrected chi connectivity index (χ0v) is 14.5. The van der Waals surface area contributed by atoms with E-state index in [0.717, 1.165) is 22.4 Å². The molecule has 0 radical (unpaired) electrons. The van der Waals surface area contributed by atoms with Gasteiger partial charge in [-0.25, -0.2) is 0 Å². The Morgan fingerprint density at radius 1 is 0.920 bits per heavy atom. The summed E-state index contributed by atoms with van der Waals surface area (Å²) in [5, 5.41) is 2.99. The van der Waals surface area contributed by atoms with Crippen LogP contribution in [0.5, 0.6) is 5.75 Å². The first-order valence-electron chi connectivity index (χ1n) is 8.28. The van der Waals surface area contributed by atoms with Gasteiger partial charge in [0.25, 0.3) is 5.91 Å². The summed E-state index contributed by atoms with van der Waals surface area (Å²) >= 11 is 0. The maximum atomic E-state index is 12.7. The molecule has 0 saturated heterocycles. The molecule has 3 nitrogen and oxygen atoms in total. The van der Waals surface area contributed by atoms with Crippen LogP contribution in [0.15, 0.2) is 72.8 Å². The monoisotopic (exact) mass is 331 g/mol. The molecule has 3 heteroatoms. The maximum absolute atomic E-state index is 12.7. The van der Waals surface area contributed by atoms with Gasteiger partial charge in [0.1, 0.15) is 12.4 Å². The lowest BCUT2D eigenvalue weighted by Crippen LogP contribution is -2.14. The number of para-hydroxylation sites is 1. The topological polar surface area (TPSA) is 38.3 Å². The third-order valence-electron chi connectivity index (χ3n) is 4.01. The Labute approximate surface area is 148 Å². The van der Waals surface area contributed by atoms with Gasteiger partial charge in [-0.3, -0.25) is 4.79 Å². The molecular formula is C22H21NO2. The lowest BCUT2D eigenvalue weighted by molar-refractivity contribution is 0.102. The highest BCUT2D eigenvalue weighted by atomic mass is 16.5. The smallest absolute Gasteiger partial charge is 0.259 e. The Morgan fingerprint density at radius 3 is 2.44 bits per heavy atom. The average molecular weight is 331 g/mol. The first-order chi connectivity index (χ1) is 12.1. The van der Waals surface area contributed by atoms with Gasteiger partial charge < -0.3 is 10.1 Å². The Kier molecular flexibility index (Phi) is 5.14. The number of carbonyl (C=O) groups is 1. The third kappa shape index (κ3) is 4.27. The molecule has 0 aliphatic rings. The van der Waals surface area contributed by atoms with Crippen LogP contribution >= 0.6 is 0 Å². The molecule has 0 saturated carbocycles. The van der Waals surface area contributed by atoms with E-state index < -0.39 is 0 Å². The number of hydrogen-bond donors (Lipinski definition) is 1. The fraction of sp³-hybridized carbons (Fsp3) is 0.136. The quantitative estimate of drug-likeness (QED) is 0.703. The largest absolute Gasteiger partial charge is 0.488 e. The van der Waals surface area contributed by atoms with Crippen LogP contribution in [-0.4, -0.2) is 5.91 Å². The number of hydrogen-bond acceptors (Lipinski definition) is 2. The Hall–Kier alpha value is -3.07. The summed E-state index contributed by atoms with van der Waals surface area (Å²) in [7, 11) is 0. The second kappa shape index (κ2) is 7.67. The summed E-state index contributed by atoms with van der Waals surface area (Å²) in [6.07, 6.45) is 0. The summed E-state index contributed by atoms with van der Waals surface area (Å²) in [5.74, 6) is 0.409. The SMILES string of the molecule is Cc1ccc(C)c(NC(=O)c2ccccc2OCc2ccccc2)c1. The van der Waals surface area contributed by atoms with Crippen molar-refractivity contribution in [3.8, 4) is 5.75 Å². The molecule has 0 atom stereocenters. The van der Waals surface area contributed by atoms with Crippen molar-refractivity contribution in [2.45, 2.75) is 20.5 Å². The minimum Gasteiger partial charge on any atom is -0.488 e. The average Bonchev–Trinajstić information content (AvgIpc) is 2.64. The highest BCUT2D eigenvalue weighted by molar-refractivity contribution is 6.06. The summed E-state index contributed by atoms with van der Waals surface area (Å²) in [6.45, 7) is 4.41. The normalized spacial score (nSPS) is 10.3. The third-order valence-corrected chi connectivity index (χ3v) is 4.01. The number of ether oxygens (including phenoxy) is 1. The lowest BCUT2D eigenvalue weighted by Gasteiger charge is -2.13. The number of amides is 1. The molecule has 3 aromatic rings. The van der Waals surface area contributed by atoms with Crippen molar-refractivity contribution in [3.63, 3.8) is 0 Å². The molecule has 0 unspecified atom stereocenters. The molecule has 0 fully saturated rings. The number of carbonyl (C=O) groups excluding carboxylic acids is 1. The van der Waals surface area contributed by atoms with Gasteiger partial charge in [0.2, 0.25) is 0 Å². The predicted molar refractivity (Wildman–Crippen MR) is 101 cm³/mol. The predicted octanol–water partition coefficient (Wildman–Crippen LogP) is 5.13. The van der Waals surface area contributed by atoms with Crippen LogP contribution in [0, 0.1) is 13.8 Å². The van der Waals surface area contributed by atoms with Crippen molar-refractivity contribution < 1.29 is 9.53 Å². The second-order valence-corrected chi connectivity index (χ2v) is 6.04. The summed E-state index contributed by atoms with van der Waals surface area (Å²) in [4.78, 5) is 12.7. The molecule has 25 heavy (non-hydrogen) atoms. The molecule has 0 aromatic heterocycles. The van der Waals surface area contributed by atoms with Gasteiger partial charge in [-0.15, -0.1) is 0 Å². The molecule has 0 bridgehead atoms. The summed E-state index contributed by atoms with van der Waals surface area (Å²) in [5.41, 5.74) is 4.55. The van der Waals surface area contributed by atoms with Crippen LogP contribution in [0.1, 0.15) is 27.0 Å². The van der Waals surface area contributed by atoms with Crippen LogP contribution in [0.4, 0.5) is 5.69 Å². The van der Waals surface area contributed by atoms with E-state index in [1.807, 2.05) is 80.6 Å². The standard InChI is InChI=1S/C22H21NO2/c1-16-12-13-17(2)20(14-16)23-22(24)19-10-6-7-11-21(19)25-15-18-8-4-3-5-9-18/h3-14H,15H2,1-2H3,(H,23,24). The first-order valence-corrected chi connectivity index (χ1v) is 8.28. The van der Waals surface area contributed by atoms with Gasteiger partial charge in [0, 0.05) is 5.69 Å². The van der Waals surface area contributed by atoms with Crippen molar-refractivity contribution in [2.24, 2.45) is 0 Å². The number of rotatable bonds is 5. The molecule has 0 heterocycles. The minimum absolute atomic E-state index is 0.169. The van der Waals surface area contributed by atoms with E-state index in [-0.39, 0.29) is 5.91 Å². The maximum Gasteiger partial charge on any atom is 0.259 e. The minimum atomic E-state index is -0.169. The van der Waals surface area contributed by atoms with Gasteiger partial charge in [-0.1, -0.05) is 54.6 Å². The summed E-state index contributed by atoms with van der Waals surface area (Å²) in [6, 6.07) is 23.2. The van der Waals surface area contributed by atoms with E-state index in [9.17, 15) is 4.79 Å². The van der Waals surface area contributed by atoms with Crippen molar-refractivity contribution >= 4 is 11.6 Å². The van der Waals surface area contributed by atoms with Gasteiger partial charge in [0.05, 0.1) is 5.56 Å². The van der Waals surface area contributed by atoms with Crippen molar-refractivity contribution in [1.29, 1.82) is 0 Å². The molecule has 0 aliphatic heterocycles. The van der Waals surface area contributed by atoms with Gasteiger partial charge in [-0.05, 0) is 48.7 Å². The van der Waals surface area contributed by atoms with Crippen molar-refractivity contribution in [1.82, 2.24) is 0 Å². The highest BCUT2D eigenvalue weighted by Gasteiger charge is 2.13. The van der Waals surface area contributed by atoms with Gasteiger partial charge in [0.15, 0.2) is 0 Å². The molecule has 0 spiro atoms. The molecule has 126 valence electrons. The number of benzene rings is 3. The zero-order chi connectivity index (χ0) is 17.6. The molecular weight excluding hydrogens is 310 g/mol. The van der Waals surface area contributed by atoms with Crippen LogP contribution in [-0.2, 0) is 6.61 Å². The number of nitrogens with one attached hydrogen (secondary N) is 1. The van der Waals surface area contributed by atoms with Crippen molar-refractivity contribution in [2.75, 3.05) is 5.32 Å². The van der Waals surface area contributed by atoms with Crippen LogP contribution in [0.2, 0.25) is 0 Å². The first kappa shape index (κ1) is 16.8. The molecule has 0 aliphatic carbocycles. The Morgan fingerprint density at radius 2 is 1.64 bits per heavy atom. The van der Waals surface area contributed by atoms with Gasteiger partial charge in [-0.2, -0.15) is 0 Å². The van der Waals surface area contributed by atoms with E-state index in [4.69, 9.17) is 4.74 Å².